The third-order valence-electron chi connectivity index (χ3n) is 5.36. The lowest BCUT2D eigenvalue weighted by Crippen LogP contribution is -2.47. The monoisotopic (exact) mass is 368 g/mol. The zero-order chi connectivity index (χ0) is 18.1. The summed E-state index contributed by atoms with van der Waals surface area (Å²) < 4.78 is 0. The predicted octanol–water partition coefficient (Wildman–Crippen LogP) is 3.64. The second-order valence-electron chi connectivity index (χ2n) is 6.98. The van der Waals surface area contributed by atoms with Gasteiger partial charge >= 0.3 is 0 Å². The van der Waals surface area contributed by atoms with Gasteiger partial charge in [-0.1, -0.05) is 41.9 Å². The van der Waals surface area contributed by atoms with Crippen LogP contribution in [0.15, 0.2) is 48.5 Å². The van der Waals surface area contributed by atoms with Gasteiger partial charge in [-0.3, -0.25) is 14.5 Å². The molecule has 2 aliphatic heterocycles. The number of carbonyl (C=O) groups excluding carboxylic acids is 2. The molecular formula is C21H21ClN2O2. The summed E-state index contributed by atoms with van der Waals surface area (Å²) >= 11 is 5.99. The van der Waals surface area contributed by atoms with Crippen molar-refractivity contribution in [3.05, 3.63) is 70.2 Å². The molecule has 26 heavy (non-hydrogen) atoms. The lowest BCUT2D eigenvalue weighted by Gasteiger charge is -2.35. The van der Waals surface area contributed by atoms with Crippen LogP contribution < -0.4 is 0 Å². The molecule has 2 aromatic carbocycles. The summed E-state index contributed by atoms with van der Waals surface area (Å²) in [6.45, 7) is 2.83. The molecule has 1 fully saturated rings. The third-order valence-corrected chi connectivity index (χ3v) is 5.60. The Kier molecular flexibility index (Phi) is 4.79. The van der Waals surface area contributed by atoms with Crippen molar-refractivity contribution in [1.29, 1.82) is 0 Å². The maximum atomic E-state index is 12.7. The number of imide groups is 1. The second kappa shape index (κ2) is 7.22. The quantitative estimate of drug-likeness (QED) is 0.773. The summed E-state index contributed by atoms with van der Waals surface area (Å²) in [5.41, 5.74) is 2.26. The van der Waals surface area contributed by atoms with E-state index in [9.17, 15) is 9.59 Å². The number of fused-ring (bicyclic) bond motifs is 1. The Morgan fingerprint density at radius 2 is 1.62 bits per heavy atom. The van der Waals surface area contributed by atoms with Crippen LogP contribution in [-0.2, 0) is 6.42 Å². The molecular weight excluding hydrogens is 348 g/mol. The summed E-state index contributed by atoms with van der Waals surface area (Å²) in [5, 5.41) is 0.488. The van der Waals surface area contributed by atoms with E-state index in [1.54, 1.807) is 18.2 Å². The second-order valence-corrected chi connectivity index (χ2v) is 7.42. The van der Waals surface area contributed by atoms with Crippen molar-refractivity contribution < 1.29 is 9.59 Å². The molecule has 0 atom stereocenters. The van der Waals surface area contributed by atoms with Crippen LogP contribution in [0.2, 0.25) is 5.02 Å². The molecule has 0 aliphatic carbocycles. The van der Waals surface area contributed by atoms with Gasteiger partial charge in [0.2, 0.25) is 0 Å². The van der Waals surface area contributed by atoms with E-state index < -0.39 is 0 Å². The minimum Gasteiger partial charge on any atom is -0.303 e. The van der Waals surface area contributed by atoms with Crippen molar-refractivity contribution in [3.8, 4) is 0 Å². The van der Waals surface area contributed by atoms with E-state index in [1.165, 1.54) is 10.5 Å². The molecule has 134 valence electrons. The summed E-state index contributed by atoms with van der Waals surface area (Å²) in [7, 11) is 0. The van der Waals surface area contributed by atoms with E-state index in [2.05, 4.69) is 29.2 Å². The highest BCUT2D eigenvalue weighted by Crippen LogP contribution is 2.30. The fourth-order valence-corrected chi connectivity index (χ4v) is 4.07. The van der Waals surface area contributed by atoms with Crippen molar-refractivity contribution in [1.82, 2.24) is 9.80 Å². The van der Waals surface area contributed by atoms with E-state index in [-0.39, 0.29) is 17.9 Å². The smallest absolute Gasteiger partial charge is 0.261 e. The minimum atomic E-state index is -0.199. The fourth-order valence-electron chi connectivity index (χ4n) is 3.90. The predicted molar refractivity (Wildman–Crippen MR) is 102 cm³/mol. The number of amides is 2. The molecule has 5 heteroatoms. The molecule has 1 saturated heterocycles. The molecule has 2 heterocycles. The zero-order valence-corrected chi connectivity index (χ0v) is 15.3. The summed E-state index contributed by atoms with van der Waals surface area (Å²) in [4.78, 5) is 29.2. The number of hydrogen-bond donors (Lipinski definition) is 0. The van der Waals surface area contributed by atoms with Crippen molar-refractivity contribution >= 4 is 23.4 Å². The first-order chi connectivity index (χ1) is 12.6. The van der Waals surface area contributed by atoms with E-state index in [4.69, 9.17) is 11.6 Å². The first kappa shape index (κ1) is 17.3. The topological polar surface area (TPSA) is 40.6 Å². The van der Waals surface area contributed by atoms with Crippen molar-refractivity contribution in [3.63, 3.8) is 0 Å². The number of carbonyl (C=O) groups is 2. The van der Waals surface area contributed by atoms with Crippen molar-refractivity contribution in [2.24, 2.45) is 0 Å². The Bertz CT molecular complexity index is 829. The highest BCUT2D eigenvalue weighted by molar-refractivity contribution is 6.32. The summed E-state index contributed by atoms with van der Waals surface area (Å²) in [6.07, 6.45) is 2.68. The summed E-state index contributed by atoms with van der Waals surface area (Å²) in [6, 6.07) is 15.4. The van der Waals surface area contributed by atoms with E-state index in [1.807, 2.05) is 6.07 Å². The molecule has 4 rings (SSSR count). The molecule has 0 bridgehead atoms. The number of halogens is 1. The SMILES string of the molecule is O=C1c2ccc(Cl)cc2C(=O)N1C1CCN(CCc2ccccc2)CC1. The molecule has 0 radical (unpaired) electrons. The molecule has 0 unspecified atom stereocenters. The van der Waals surface area contributed by atoms with Crippen LogP contribution in [0.3, 0.4) is 0 Å². The lowest BCUT2D eigenvalue weighted by atomic mass is 10.0. The Labute approximate surface area is 158 Å². The minimum absolute atomic E-state index is 0.0193. The van der Waals surface area contributed by atoms with Crippen LogP contribution in [0, 0.1) is 0 Å². The van der Waals surface area contributed by atoms with E-state index >= 15 is 0 Å². The Hall–Kier alpha value is -2.17. The van der Waals surface area contributed by atoms with Gasteiger partial charge in [0.25, 0.3) is 11.8 Å². The first-order valence-electron chi connectivity index (χ1n) is 9.07. The van der Waals surface area contributed by atoms with Gasteiger partial charge < -0.3 is 4.90 Å². The van der Waals surface area contributed by atoms with Crippen LogP contribution in [0.1, 0.15) is 39.1 Å². The van der Waals surface area contributed by atoms with Crippen LogP contribution in [0.25, 0.3) is 0 Å². The maximum absolute atomic E-state index is 12.7. The third kappa shape index (κ3) is 3.27. The molecule has 2 aliphatic rings. The molecule has 0 N–H and O–H groups in total. The maximum Gasteiger partial charge on any atom is 0.261 e. The number of benzene rings is 2. The van der Waals surface area contributed by atoms with Crippen LogP contribution in [0.4, 0.5) is 0 Å². The van der Waals surface area contributed by atoms with Gasteiger partial charge in [0.15, 0.2) is 0 Å². The highest BCUT2D eigenvalue weighted by Gasteiger charge is 2.40. The summed E-state index contributed by atoms with van der Waals surface area (Å²) in [5.74, 6) is -0.375. The van der Waals surface area contributed by atoms with Gasteiger partial charge in [-0.05, 0) is 43.0 Å². The van der Waals surface area contributed by atoms with Gasteiger partial charge in [-0.25, -0.2) is 0 Å². The average Bonchev–Trinajstić information content (AvgIpc) is 2.91. The van der Waals surface area contributed by atoms with Crippen LogP contribution >= 0.6 is 11.6 Å². The normalized spacial score (nSPS) is 18.4. The number of hydrogen-bond acceptors (Lipinski definition) is 3. The number of nitrogens with zero attached hydrogens (tertiary/aromatic N) is 2. The standard InChI is InChI=1S/C21H21ClN2O2/c22-16-6-7-18-19(14-16)21(26)24(20(18)25)17-9-12-23(13-10-17)11-8-15-4-2-1-3-5-15/h1-7,14,17H,8-13H2. The van der Waals surface area contributed by atoms with Gasteiger partial charge in [0.05, 0.1) is 11.1 Å². The number of rotatable bonds is 4. The van der Waals surface area contributed by atoms with Gasteiger partial charge in [-0.15, -0.1) is 0 Å². The molecule has 2 aromatic rings. The number of piperidine rings is 1. The first-order valence-corrected chi connectivity index (χ1v) is 9.45. The van der Waals surface area contributed by atoms with Crippen molar-refractivity contribution in [2.75, 3.05) is 19.6 Å². The molecule has 0 aromatic heterocycles. The fraction of sp³-hybridized carbons (Fsp3) is 0.333. The van der Waals surface area contributed by atoms with Crippen LogP contribution in [-0.4, -0.2) is 47.3 Å². The van der Waals surface area contributed by atoms with E-state index in [0.29, 0.717) is 16.1 Å². The molecule has 2 amide bonds. The Morgan fingerprint density at radius 1 is 0.923 bits per heavy atom. The zero-order valence-electron chi connectivity index (χ0n) is 14.5. The molecule has 4 nitrogen and oxygen atoms in total. The molecule has 0 saturated carbocycles. The van der Waals surface area contributed by atoms with Gasteiger partial charge in [-0.2, -0.15) is 0 Å². The van der Waals surface area contributed by atoms with Gasteiger partial charge in [0.1, 0.15) is 0 Å². The largest absolute Gasteiger partial charge is 0.303 e. The lowest BCUT2D eigenvalue weighted by molar-refractivity contribution is 0.0503. The highest BCUT2D eigenvalue weighted by atomic mass is 35.5. The number of likely N-dealkylation sites (tertiary alicyclic amines) is 1. The van der Waals surface area contributed by atoms with Gasteiger partial charge in [0, 0.05) is 30.7 Å². The average molecular weight is 369 g/mol. The van der Waals surface area contributed by atoms with E-state index in [0.717, 1.165) is 38.9 Å². The van der Waals surface area contributed by atoms with Crippen molar-refractivity contribution in [2.45, 2.75) is 25.3 Å². The molecule has 0 spiro atoms. The Balaban J connectivity index is 1.36. The van der Waals surface area contributed by atoms with Crippen LogP contribution in [0.5, 0.6) is 0 Å². The Morgan fingerprint density at radius 3 is 2.35 bits per heavy atom.